The summed E-state index contributed by atoms with van der Waals surface area (Å²) in [6.07, 6.45) is -4.89. The third-order valence-electron chi connectivity index (χ3n) is 3.98. The second-order valence-corrected chi connectivity index (χ2v) is 5.30. The Balaban J connectivity index is 1.94. The maximum Gasteiger partial charge on any atom is 0.251 e. The number of rotatable bonds is 3. The van der Waals surface area contributed by atoms with Crippen LogP contribution in [-0.2, 0) is 9.53 Å². The summed E-state index contributed by atoms with van der Waals surface area (Å²) in [6, 6.07) is 1.87. The molecule has 0 unspecified atom stereocenters. The van der Waals surface area contributed by atoms with Crippen LogP contribution in [0.15, 0.2) is 0 Å². The van der Waals surface area contributed by atoms with Gasteiger partial charge in [-0.3, -0.25) is 4.79 Å². The molecule has 0 radical (unpaired) electrons. The van der Waals surface area contributed by atoms with Crippen molar-refractivity contribution in [3.63, 3.8) is 0 Å². The highest BCUT2D eigenvalue weighted by molar-refractivity contribution is 5.83. The predicted molar refractivity (Wildman–Crippen MR) is 82.0 cm³/mol. The van der Waals surface area contributed by atoms with Gasteiger partial charge in [-0.05, 0) is 0 Å². The second-order valence-electron chi connectivity index (χ2n) is 5.30. The van der Waals surface area contributed by atoms with Crippen molar-refractivity contribution in [2.24, 2.45) is 0 Å². The van der Waals surface area contributed by atoms with Crippen LogP contribution in [0.1, 0.15) is 5.82 Å². The summed E-state index contributed by atoms with van der Waals surface area (Å²) in [5, 5.41) is 37.7. The molecule has 0 aliphatic carbocycles. The fourth-order valence-corrected chi connectivity index (χ4v) is 2.78. The van der Waals surface area contributed by atoms with Crippen LogP contribution in [0.5, 0.6) is 0 Å². The van der Waals surface area contributed by atoms with Crippen molar-refractivity contribution in [1.29, 1.82) is 5.26 Å². The fraction of sp³-hybridized carbons (Fsp3) is 0.538. The van der Waals surface area contributed by atoms with Crippen LogP contribution >= 0.6 is 0 Å². The first kappa shape index (κ1) is 16.2. The van der Waals surface area contributed by atoms with Crippen molar-refractivity contribution < 1.29 is 19.7 Å². The van der Waals surface area contributed by atoms with Gasteiger partial charge < -0.3 is 35.8 Å². The van der Waals surface area contributed by atoms with Gasteiger partial charge >= 0.3 is 0 Å². The first-order valence-corrected chi connectivity index (χ1v) is 7.25. The third kappa shape index (κ3) is 2.37. The SMILES string of the molecule is CNC(=O)[C@H]1O[C@@H](N2CNc3c(NC)nc(C#N)nc32)[C@H](O)[C@@H]1O. The summed E-state index contributed by atoms with van der Waals surface area (Å²) in [6.45, 7) is 0.211. The van der Waals surface area contributed by atoms with E-state index in [1.54, 1.807) is 7.05 Å². The highest BCUT2D eigenvalue weighted by atomic mass is 16.6. The van der Waals surface area contributed by atoms with E-state index in [2.05, 4.69) is 25.9 Å². The summed E-state index contributed by atoms with van der Waals surface area (Å²) >= 11 is 0. The van der Waals surface area contributed by atoms with Gasteiger partial charge in [0.15, 0.2) is 24.0 Å². The largest absolute Gasteiger partial charge is 0.387 e. The number of nitrogens with zero attached hydrogens (tertiary/aromatic N) is 4. The van der Waals surface area contributed by atoms with E-state index in [1.807, 2.05) is 6.07 Å². The van der Waals surface area contributed by atoms with Crippen LogP contribution in [0.2, 0.25) is 0 Å². The molecule has 4 atom stereocenters. The number of anilines is 3. The predicted octanol–water partition coefficient (Wildman–Crippen LogP) is -2.23. The van der Waals surface area contributed by atoms with Crippen LogP contribution in [-0.4, -0.2) is 71.4 Å². The van der Waals surface area contributed by atoms with E-state index in [1.165, 1.54) is 11.9 Å². The van der Waals surface area contributed by atoms with Crippen molar-refractivity contribution in [1.82, 2.24) is 15.3 Å². The van der Waals surface area contributed by atoms with Gasteiger partial charge in [-0.25, -0.2) is 0 Å². The molecule has 3 heterocycles. The summed E-state index contributed by atoms with van der Waals surface area (Å²) < 4.78 is 5.54. The van der Waals surface area contributed by atoms with Crippen LogP contribution in [0, 0.1) is 11.3 Å². The van der Waals surface area contributed by atoms with E-state index in [-0.39, 0.29) is 12.5 Å². The molecular formula is C13H17N7O4. The maximum atomic E-state index is 11.8. The second kappa shape index (κ2) is 6.08. The average Bonchev–Trinajstić information content (AvgIpc) is 3.15. The van der Waals surface area contributed by atoms with Crippen LogP contribution in [0.3, 0.4) is 0 Å². The van der Waals surface area contributed by atoms with Gasteiger partial charge in [-0.15, -0.1) is 0 Å². The topological polar surface area (TPSA) is 156 Å². The number of likely N-dealkylation sites (N-methyl/N-ethyl adjacent to an activating group) is 1. The molecule has 0 spiro atoms. The van der Waals surface area contributed by atoms with Crippen molar-refractivity contribution in [2.45, 2.75) is 24.5 Å². The van der Waals surface area contributed by atoms with E-state index in [9.17, 15) is 15.0 Å². The van der Waals surface area contributed by atoms with Crippen LogP contribution in [0.4, 0.5) is 17.3 Å². The molecule has 2 aliphatic rings. The Hall–Kier alpha value is -2.68. The molecule has 3 rings (SSSR count). The Kier molecular flexibility index (Phi) is 4.10. The quantitative estimate of drug-likeness (QED) is 0.410. The fourth-order valence-electron chi connectivity index (χ4n) is 2.78. The number of aromatic nitrogens is 2. The van der Waals surface area contributed by atoms with Gasteiger partial charge in [-0.1, -0.05) is 0 Å². The average molecular weight is 335 g/mol. The molecule has 1 fully saturated rings. The molecule has 0 bridgehead atoms. The van der Waals surface area contributed by atoms with Crippen molar-refractivity contribution >= 4 is 23.2 Å². The normalized spacial score (nSPS) is 28.0. The van der Waals surface area contributed by atoms with Gasteiger partial charge in [0.25, 0.3) is 5.91 Å². The van der Waals surface area contributed by atoms with Gasteiger partial charge in [0.2, 0.25) is 5.82 Å². The molecule has 5 N–H and O–H groups in total. The number of hydrogen-bond donors (Lipinski definition) is 5. The van der Waals surface area contributed by atoms with E-state index < -0.39 is 30.4 Å². The monoisotopic (exact) mass is 335 g/mol. The zero-order valence-electron chi connectivity index (χ0n) is 13.0. The van der Waals surface area contributed by atoms with E-state index in [0.717, 1.165) is 0 Å². The number of aliphatic hydroxyl groups excluding tert-OH is 2. The number of hydrogen-bond acceptors (Lipinski definition) is 10. The number of amides is 1. The van der Waals surface area contributed by atoms with Crippen LogP contribution in [0.25, 0.3) is 0 Å². The lowest BCUT2D eigenvalue weighted by atomic mass is 10.1. The molecule has 11 heteroatoms. The summed E-state index contributed by atoms with van der Waals surface area (Å²) in [5.74, 6) is 0.185. The van der Waals surface area contributed by atoms with Gasteiger partial charge in [0.05, 0.1) is 6.67 Å². The molecule has 128 valence electrons. The molecule has 11 nitrogen and oxygen atoms in total. The maximum absolute atomic E-state index is 11.8. The molecule has 1 saturated heterocycles. The Morgan fingerprint density at radius 2 is 2.17 bits per heavy atom. The number of ether oxygens (including phenoxy) is 1. The van der Waals surface area contributed by atoms with E-state index >= 15 is 0 Å². The highest BCUT2D eigenvalue weighted by Crippen LogP contribution is 2.38. The zero-order chi connectivity index (χ0) is 17.4. The number of carbonyl (C=O) groups is 1. The number of aliphatic hydroxyl groups is 2. The van der Waals surface area contributed by atoms with Gasteiger partial charge in [0.1, 0.15) is 24.0 Å². The van der Waals surface area contributed by atoms with Gasteiger partial charge in [-0.2, -0.15) is 15.2 Å². The molecule has 1 aromatic rings. The molecule has 2 aliphatic heterocycles. The lowest BCUT2D eigenvalue weighted by Crippen LogP contribution is -2.44. The number of carbonyl (C=O) groups excluding carboxylic acids is 1. The van der Waals surface area contributed by atoms with Crippen molar-refractivity contribution in [3.8, 4) is 6.07 Å². The minimum absolute atomic E-state index is 0.0531. The smallest absolute Gasteiger partial charge is 0.251 e. The first-order chi connectivity index (χ1) is 11.5. The molecule has 0 aromatic carbocycles. The minimum Gasteiger partial charge on any atom is -0.387 e. The Bertz CT molecular complexity index is 706. The highest BCUT2D eigenvalue weighted by Gasteiger charge is 2.50. The lowest BCUT2D eigenvalue weighted by molar-refractivity contribution is -0.135. The summed E-state index contributed by atoms with van der Waals surface area (Å²) in [7, 11) is 3.07. The zero-order valence-corrected chi connectivity index (χ0v) is 13.0. The number of nitriles is 1. The number of fused-ring (bicyclic) bond motifs is 1. The Morgan fingerprint density at radius 1 is 1.42 bits per heavy atom. The molecule has 1 amide bonds. The molecule has 0 saturated carbocycles. The van der Waals surface area contributed by atoms with Gasteiger partial charge in [0, 0.05) is 14.1 Å². The Morgan fingerprint density at radius 3 is 2.79 bits per heavy atom. The summed E-state index contributed by atoms with van der Waals surface area (Å²) in [5.41, 5.74) is 0.546. The van der Waals surface area contributed by atoms with Crippen molar-refractivity contribution in [2.75, 3.05) is 36.3 Å². The lowest BCUT2D eigenvalue weighted by Gasteiger charge is -2.26. The van der Waals surface area contributed by atoms with Crippen LogP contribution < -0.4 is 20.9 Å². The first-order valence-electron chi connectivity index (χ1n) is 7.25. The molecular weight excluding hydrogens is 318 g/mol. The minimum atomic E-state index is -1.37. The number of nitrogens with one attached hydrogen (secondary N) is 3. The summed E-state index contributed by atoms with van der Waals surface area (Å²) in [4.78, 5) is 21.5. The standard InChI is InChI=1S/C13H17N7O4/c1-15-10-6-11(19-5(3-14)18-10)20(4-17-6)13-8(22)7(21)9(24-13)12(23)16-2/h7-9,13,17,21-22H,4H2,1-2H3,(H,16,23)(H,15,18,19)/t7-,8+,9-,13+/m0/s1. The van der Waals surface area contributed by atoms with E-state index in [4.69, 9.17) is 10.00 Å². The van der Waals surface area contributed by atoms with Crippen molar-refractivity contribution in [3.05, 3.63) is 5.82 Å². The Labute approximate surface area is 137 Å². The molecule has 24 heavy (non-hydrogen) atoms. The third-order valence-corrected chi connectivity index (χ3v) is 3.98. The van der Waals surface area contributed by atoms with E-state index in [0.29, 0.717) is 17.3 Å². The molecule has 1 aromatic heterocycles.